The van der Waals surface area contributed by atoms with Gasteiger partial charge in [0.05, 0.1) is 0 Å². The highest BCUT2D eigenvalue weighted by Crippen LogP contribution is 2.28. The number of aromatic nitrogens is 3. The zero-order valence-electron chi connectivity index (χ0n) is 14.7. The van der Waals surface area contributed by atoms with Crippen LogP contribution in [0.25, 0.3) is 10.6 Å². The molecule has 0 radical (unpaired) electrons. The standard InChI is InChI=1S/C19H21N5OS/c1-14-4-2-3-5-16(14)19-22-12-15(26-19)13-23-8-10-24(11-9-23)17-18(25)21-7-6-20-17/h2-7,12H,8-11,13H2,1H3,(H,21,25). The van der Waals surface area contributed by atoms with E-state index in [0.29, 0.717) is 5.82 Å². The van der Waals surface area contributed by atoms with Crippen molar-refractivity contribution in [1.82, 2.24) is 19.9 Å². The first-order valence-electron chi connectivity index (χ1n) is 8.72. The van der Waals surface area contributed by atoms with Crippen LogP contribution in [0.3, 0.4) is 0 Å². The molecule has 0 unspecified atom stereocenters. The molecule has 1 fully saturated rings. The molecule has 1 saturated heterocycles. The van der Waals surface area contributed by atoms with Gasteiger partial charge < -0.3 is 9.88 Å². The van der Waals surface area contributed by atoms with E-state index >= 15 is 0 Å². The Kier molecular flexibility index (Phi) is 4.81. The predicted octanol–water partition coefficient (Wildman–Crippen LogP) is 2.52. The number of piperazine rings is 1. The van der Waals surface area contributed by atoms with Gasteiger partial charge in [-0.25, -0.2) is 9.97 Å². The second-order valence-electron chi connectivity index (χ2n) is 6.45. The summed E-state index contributed by atoms with van der Waals surface area (Å²) in [7, 11) is 0. The molecule has 26 heavy (non-hydrogen) atoms. The van der Waals surface area contributed by atoms with E-state index < -0.39 is 0 Å². The first-order chi connectivity index (χ1) is 12.7. The molecule has 2 aromatic heterocycles. The topological polar surface area (TPSA) is 65.1 Å². The first kappa shape index (κ1) is 16.9. The molecule has 4 rings (SSSR count). The molecule has 3 aromatic rings. The van der Waals surface area contributed by atoms with Gasteiger partial charge in [0.2, 0.25) is 0 Å². The number of aryl methyl sites for hydroxylation is 1. The second kappa shape index (κ2) is 7.39. The smallest absolute Gasteiger partial charge is 0.290 e. The zero-order chi connectivity index (χ0) is 17.9. The van der Waals surface area contributed by atoms with Crippen LogP contribution in [0.5, 0.6) is 0 Å². The highest BCUT2D eigenvalue weighted by molar-refractivity contribution is 7.15. The van der Waals surface area contributed by atoms with Crippen molar-refractivity contribution in [2.45, 2.75) is 13.5 Å². The third-order valence-corrected chi connectivity index (χ3v) is 5.68. The van der Waals surface area contributed by atoms with Gasteiger partial charge in [0.15, 0.2) is 5.82 Å². The second-order valence-corrected chi connectivity index (χ2v) is 7.57. The molecule has 1 aliphatic heterocycles. The summed E-state index contributed by atoms with van der Waals surface area (Å²) >= 11 is 1.76. The summed E-state index contributed by atoms with van der Waals surface area (Å²) in [5, 5.41) is 1.08. The van der Waals surface area contributed by atoms with Crippen molar-refractivity contribution in [2.75, 3.05) is 31.1 Å². The van der Waals surface area contributed by atoms with Gasteiger partial charge in [-0.2, -0.15) is 0 Å². The lowest BCUT2D eigenvalue weighted by molar-refractivity contribution is 0.251. The maximum absolute atomic E-state index is 11.9. The van der Waals surface area contributed by atoms with Crippen molar-refractivity contribution in [3.8, 4) is 10.6 Å². The van der Waals surface area contributed by atoms with Crippen LogP contribution in [0.15, 0.2) is 47.7 Å². The van der Waals surface area contributed by atoms with Gasteiger partial charge in [-0.1, -0.05) is 24.3 Å². The molecule has 1 N–H and O–H groups in total. The SMILES string of the molecule is Cc1ccccc1-c1ncc(CN2CCN(c3ncc[nH]c3=O)CC2)s1. The number of hydrogen-bond acceptors (Lipinski definition) is 6. The number of rotatable bonds is 4. The highest BCUT2D eigenvalue weighted by Gasteiger charge is 2.20. The molecule has 0 aliphatic carbocycles. The van der Waals surface area contributed by atoms with E-state index in [0.717, 1.165) is 37.7 Å². The lowest BCUT2D eigenvalue weighted by Crippen LogP contribution is -2.47. The van der Waals surface area contributed by atoms with Crippen molar-refractivity contribution in [3.05, 3.63) is 63.7 Å². The number of benzene rings is 1. The van der Waals surface area contributed by atoms with Crippen LogP contribution < -0.4 is 10.5 Å². The average Bonchev–Trinajstić information content (AvgIpc) is 3.11. The minimum Gasteiger partial charge on any atom is -0.349 e. The highest BCUT2D eigenvalue weighted by atomic mass is 32.1. The number of H-pyrrole nitrogens is 1. The fourth-order valence-electron chi connectivity index (χ4n) is 3.23. The quantitative estimate of drug-likeness (QED) is 0.768. The summed E-state index contributed by atoms with van der Waals surface area (Å²) in [6.07, 6.45) is 5.19. The number of thiazole rings is 1. The van der Waals surface area contributed by atoms with Gasteiger partial charge in [0.1, 0.15) is 5.01 Å². The summed E-state index contributed by atoms with van der Waals surface area (Å²) in [6, 6.07) is 8.36. The van der Waals surface area contributed by atoms with E-state index in [1.165, 1.54) is 16.0 Å². The Morgan fingerprint density at radius 1 is 1.15 bits per heavy atom. The van der Waals surface area contributed by atoms with Crippen LogP contribution in [0.2, 0.25) is 0 Å². The fourth-order valence-corrected chi connectivity index (χ4v) is 4.27. The van der Waals surface area contributed by atoms with Crippen LogP contribution in [-0.4, -0.2) is 46.0 Å². The molecule has 0 saturated carbocycles. The van der Waals surface area contributed by atoms with Gasteiger partial charge in [-0.3, -0.25) is 9.69 Å². The van der Waals surface area contributed by atoms with Crippen molar-refractivity contribution < 1.29 is 0 Å². The molecule has 0 amide bonds. The maximum atomic E-state index is 11.9. The van der Waals surface area contributed by atoms with E-state index in [-0.39, 0.29) is 5.56 Å². The molecule has 1 aromatic carbocycles. The maximum Gasteiger partial charge on any atom is 0.290 e. The average molecular weight is 367 g/mol. The lowest BCUT2D eigenvalue weighted by Gasteiger charge is -2.34. The predicted molar refractivity (Wildman–Crippen MR) is 105 cm³/mol. The summed E-state index contributed by atoms with van der Waals surface area (Å²) in [5.74, 6) is 0.520. The molecular weight excluding hydrogens is 346 g/mol. The van der Waals surface area contributed by atoms with E-state index in [1.807, 2.05) is 6.20 Å². The van der Waals surface area contributed by atoms with E-state index in [2.05, 4.69) is 55.9 Å². The van der Waals surface area contributed by atoms with Gasteiger partial charge in [0, 0.05) is 61.8 Å². The number of nitrogens with zero attached hydrogens (tertiary/aromatic N) is 4. The summed E-state index contributed by atoms with van der Waals surface area (Å²) in [4.78, 5) is 29.1. The molecule has 6 nitrogen and oxygen atoms in total. The van der Waals surface area contributed by atoms with E-state index in [4.69, 9.17) is 0 Å². The van der Waals surface area contributed by atoms with Crippen LogP contribution in [-0.2, 0) is 6.54 Å². The van der Waals surface area contributed by atoms with Gasteiger partial charge in [0.25, 0.3) is 5.56 Å². The summed E-state index contributed by atoms with van der Waals surface area (Å²) in [6.45, 7) is 6.46. The normalized spacial score (nSPS) is 15.3. The van der Waals surface area contributed by atoms with Crippen molar-refractivity contribution in [1.29, 1.82) is 0 Å². The largest absolute Gasteiger partial charge is 0.349 e. The van der Waals surface area contributed by atoms with E-state index in [1.54, 1.807) is 23.7 Å². The zero-order valence-corrected chi connectivity index (χ0v) is 15.5. The molecular formula is C19H21N5OS. The minimum atomic E-state index is -0.119. The summed E-state index contributed by atoms with van der Waals surface area (Å²) < 4.78 is 0. The monoisotopic (exact) mass is 367 g/mol. The molecule has 134 valence electrons. The molecule has 3 heterocycles. The van der Waals surface area contributed by atoms with Crippen molar-refractivity contribution >= 4 is 17.2 Å². The molecule has 7 heteroatoms. The Hall–Kier alpha value is -2.51. The molecule has 0 bridgehead atoms. The number of aromatic amines is 1. The minimum absolute atomic E-state index is 0.119. The Balaban J connectivity index is 1.39. The lowest BCUT2D eigenvalue weighted by atomic mass is 10.1. The third kappa shape index (κ3) is 3.54. The van der Waals surface area contributed by atoms with Crippen molar-refractivity contribution in [3.63, 3.8) is 0 Å². The molecule has 1 aliphatic rings. The van der Waals surface area contributed by atoms with Crippen LogP contribution in [0.4, 0.5) is 5.82 Å². The first-order valence-corrected chi connectivity index (χ1v) is 9.54. The van der Waals surface area contributed by atoms with Gasteiger partial charge >= 0.3 is 0 Å². The van der Waals surface area contributed by atoms with Gasteiger partial charge in [-0.05, 0) is 12.5 Å². The fraction of sp³-hybridized carbons (Fsp3) is 0.316. The Bertz CT molecular complexity index is 943. The van der Waals surface area contributed by atoms with Gasteiger partial charge in [-0.15, -0.1) is 11.3 Å². The summed E-state index contributed by atoms with van der Waals surface area (Å²) in [5.41, 5.74) is 2.34. The number of anilines is 1. The van der Waals surface area contributed by atoms with Crippen molar-refractivity contribution in [2.24, 2.45) is 0 Å². The van der Waals surface area contributed by atoms with Crippen LogP contribution >= 0.6 is 11.3 Å². The Morgan fingerprint density at radius 2 is 1.96 bits per heavy atom. The number of hydrogen-bond donors (Lipinski definition) is 1. The number of nitrogens with one attached hydrogen (secondary N) is 1. The van der Waals surface area contributed by atoms with Crippen LogP contribution in [0.1, 0.15) is 10.4 Å². The van der Waals surface area contributed by atoms with E-state index in [9.17, 15) is 4.79 Å². The molecule has 0 spiro atoms. The Morgan fingerprint density at radius 3 is 2.73 bits per heavy atom. The third-order valence-electron chi connectivity index (χ3n) is 4.67. The Labute approximate surface area is 156 Å². The molecule has 0 atom stereocenters. The van der Waals surface area contributed by atoms with Crippen LogP contribution in [0, 0.1) is 6.92 Å².